The Kier molecular flexibility index (Phi) is 4.23. The molecule has 1 amide bonds. The van der Waals surface area contributed by atoms with Crippen molar-refractivity contribution in [3.63, 3.8) is 0 Å². The van der Waals surface area contributed by atoms with Crippen LogP contribution in [0.2, 0.25) is 0 Å². The molecular weight excluding hydrogens is 362 g/mol. The number of anilines is 1. The summed E-state index contributed by atoms with van der Waals surface area (Å²) in [5, 5.41) is 8.17. The standard InChI is InChI=1S/C23H25N5O/c1-14(9-21-26-24-13-27(21)3)17-5-4-6-18(11-17)28-12-20-19(23(28)29)10-15(2)25-22(20)16-7-8-16/h4-6,10-11,13-14,16H,7-9,12H2,1-3H3. The molecular formula is C23H25N5O. The maximum atomic E-state index is 13.2. The summed E-state index contributed by atoms with van der Waals surface area (Å²) >= 11 is 0. The number of carbonyl (C=O) groups is 1. The predicted octanol–water partition coefficient (Wildman–Crippen LogP) is 3.90. The molecule has 6 heteroatoms. The van der Waals surface area contributed by atoms with Crippen LogP contribution in [-0.4, -0.2) is 25.7 Å². The van der Waals surface area contributed by atoms with Crippen molar-refractivity contribution in [1.29, 1.82) is 0 Å². The normalized spacial score (nSPS) is 16.9. The minimum absolute atomic E-state index is 0.0884. The van der Waals surface area contributed by atoms with Crippen molar-refractivity contribution in [2.24, 2.45) is 7.05 Å². The van der Waals surface area contributed by atoms with Crippen LogP contribution in [0.1, 0.15) is 70.3 Å². The number of hydrogen-bond donors (Lipinski definition) is 0. The van der Waals surface area contributed by atoms with Crippen LogP contribution in [0.5, 0.6) is 0 Å². The van der Waals surface area contributed by atoms with Crippen LogP contribution in [0.25, 0.3) is 0 Å². The zero-order valence-corrected chi connectivity index (χ0v) is 17.1. The lowest BCUT2D eigenvalue weighted by atomic mass is 9.97. The smallest absolute Gasteiger partial charge is 0.259 e. The topological polar surface area (TPSA) is 63.9 Å². The van der Waals surface area contributed by atoms with Crippen molar-refractivity contribution in [1.82, 2.24) is 19.7 Å². The number of aryl methyl sites for hydroxylation is 2. The highest BCUT2D eigenvalue weighted by Crippen LogP contribution is 2.44. The van der Waals surface area contributed by atoms with Crippen LogP contribution in [0.15, 0.2) is 36.7 Å². The highest BCUT2D eigenvalue weighted by Gasteiger charge is 2.36. The van der Waals surface area contributed by atoms with Crippen molar-refractivity contribution in [3.05, 3.63) is 70.6 Å². The van der Waals surface area contributed by atoms with Gasteiger partial charge < -0.3 is 9.47 Å². The second kappa shape index (κ2) is 6.79. The summed E-state index contributed by atoms with van der Waals surface area (Å²) in [6.07, 6.45) is 4.91. The minimum atomic E-state index is 0.0884. The molecule has 148 valence electrons. The fourth-order valence-corrected chi connectivity index (χ4v) is 4.24. The maximum absolute atomic E-state index is 13.2. The van der Waals surface area contributed by atoms with Gasteiger partial charge in [0, 0.05) is 47.6 Å². The molecule has 1 atom stereocenters. The molecule has 2 aromatic heterocycles. The number of pyridine rings is 1. The highest BCUT2D eigenvalue weighted by molar-refractivity contribution is 6.10. The van der Waals surface area contributed by atoms with E-state index in [-0.39, 0.29) is 11.8 Å². The van der Waals surface area contributed by atoms with Gasteiger partial charge in [-0.25, -0.2) is 0 Å². The fourth-order valence-electron chi connectivity index (χ4n) is 4.24. The molecule has 2 aliphatic rings. The molecule has 1 aliphatic heterocycles. The monoisotopic (exact) mass is 387 g/mol. The second-order valence-corrected chi connectivity index (χ2v) is 8.40. The quantitative estimate of drug-likeness (QED) is 0.666. The molecule has 1 unspecified atom stereocenters. The SMILES string of the molecule is Cc1cc2c(c(C3CC3)n1)CN(c1cccc(C(C)Cc3nncn3C)c1)C2=O. The Bertz CT molecular complexity index is 1100. The van der Waals surface area contributed by atoms with Crippen molar-refractivity contribution in [2.75, 3.05) is 4.90 Å². The van der Waals surface area contributed by atoms with Gasteiger partial charge in [-0.15, -0.1) is 10.2 Å². The van der Waals surface area contributed by atoms with Crippen LogP contribution >= 0.6 is 0 Å². The Balaban J connectivity index is 1.43. The number of hydrogen-bond acceptors (Lipinski definition) is 4. The molecule has 1 fully saturated rings. The molecule has 0 radical (unpaired) electrons. The van der Waals surface area contributed by atoms with Crippen LogP contribution in [0.3, 0.4) is 0 Å². The van der Waals surface area contributed by atoms with Gasteiger partial charge in [-0.2, -0.15) is 0 Å². The molecule has 29 heavy (non-hydrogen) atoms. The summed E-state index contributed by atoms with van der Waals surface area (Å²) in [4.78, 5) is 19.9. The molecule has 1 aliphatic carbocycles. The summed E-state index contributed by atoms with van der Waals surface area (Å²) in [5.41, 5.74) is 6.19. The molecule has 0 bridgehead atoms. The van der Waals surface area contributed by atoms with Gasteiger partial charge in [0.25, 0.3) is 5.91 Å². The van der Waals surface area contributed by atoms with Crippen molar-refractivity contribution >= 4 is 11.6 Å². The van der Waals surface area contributed by atoms with Gasteiger partial charge in [0.1, 0.15) is 12.2 Å². The number of nitrogens with zero attached hydrogens (tertiary/aromatic N) is 5. The van der Waals surface area contributed by atoms with Gasteiger partial charge in [-0.05, 0) is 49.4 Å². The van der Waals surface area contributed by atoms with Gasteiger partial charge >= 0.3 is 0 Å². The van der Waals surface area contributed by atoms with E-state index >= 15 is 0 Å². The summed E-state index contributed by atoms with van der Waals surface area (Å²) in [5.74, 6) is 1.87. The number of fused-ring (bicyclic) bond motifs is 1. The van der Waals surface area contributed by atoms with E-state index in [1.807, 2.05) is 41.6 Å². The number of benzene rings is 1. The van der Waals surface area contributed by atoms with Crippen molar-refractivity contribution in [2.45, 2.75) is 51.5 Å². The molecule has 6 nitrogen and oxygen atoms in total. The largest absolute Gasteiger partial charge is 0.321 e. The molecule has 0 spiro atoms. The lowest BCUT2D eigenvalue weighted by Gasteiger charge is -2.19. The first-order chi connectivity index (χ1) is 14.0. The average Bonchev–Trinajstić information content (AvgIpc) is 3.41. The van der Waals surface area contributed by atoms with E-state index in [0.717, 1.165) is 40.4 Å². The first kappa shape index (κ1) is 18.0. The van der Waals surface area contributed by atoms with Gasteiger partial charge in [0.05, 0.1) is 6.54 Å². The van der Waals surface area contributed by atoms with Crippen LogP contribution in [0, 0.1) is 6.92 Å². The zero-order valence-electron chi connectivity index (χ0n) is 17.1. The lowest BCUT2D eigenvalue weighted by Crippen LogP contribution is -2.23. The third-order valence-corrected chi connectivity index (χ3v) is 6.09. The van der Waals surface area contributed by atoms with E-state index < -0.39 is 0 Å². The summed E-state index contributed by atoms with van der Waals surface area (Å²) < 4.78 is 1.95. The third kappa shape index (κ3) is 3.22. The first-order valence-corrected chi connectivity index (χ1v) is 10.3. The Hall–Kier alpha value is -3.02. The van der Waals surface area contributed by atoms with Gasteiger partial charge in [-0.3, -0.25) is 9.78 Å². The molecule has 1 saturated carbocycles. The van der Waals surface area contributed by atoms with E-state index in [0.29, 0.717) is 12.5 Å². The molecule has 3 aromatic rings. The lowest BCUT2D eigenvalue weighted by molar-refractivity contribution is 0.0996. The van der Waals surface area contributed by atoms with E-state index in [1.54, 1.807) is 6.33 Å². The molecule has 1 aromatic carbocycles. The van der Waals surface area contributed by atoms with E-state index in [4.69, 9.17) is 4.98 Å². The molecule has 0 N–H and O–H groups in total. The Morgan fingerprint density at radius 2 is 2.07 bits per heavy atom. The second-order valence-electron chi connectivity index (χ2n) is 8.40. The first-order valence-electron chi connectivity index (χ1n) is 10.3. The van der Waals surface area contributed by atoms with E-state index in [2.05, 4.69) is 29.3 Å². The Morgan fingerprint density at radius 3 is 2.79 bits per heavy atom. The minimum Gasteiger partial charge on any atom is -0.321 e. The third-order valence-electron chi connectivity index (χ3n) is 6.09. The summed E-state index contributed by atoms with van der Waals surface area (Å²) in [6.45, 7) is 4.79. The number of rotatable bonds is 5. The Labute approximate surface area is 170 Å². The Morgan fingerprint density at radius 1 is 1.24 bits per heavy atom. The summed E-state index contributed by atoms with van der Waals surface area (Å²) in [7, 11) is 1.96. The molecule has 5 rings (SSSR count). The number of amides is 1. The van der Waals surface area contributed by atoms with E-state index in [1.165, 1.54) is 18.4 Å². The van der Waals surface area contributed by atoms with Gasteiger partial charge in [-0.1, -0.05) is 19.1 Å². The highest BCUT2D eigenvalue weighted by atomic mass is 16.2. The van der Waals surface area contributed by atoms with Gasteiger partial charge in [0.15, 0.2) is 0 Å². The van der Waals surface area contributed by atoms with Crippen molar-refractivity contribution < 1.29 is 4.79 Å². The van der Waals surface area contributed by atoms with Crippen LogP contribution in [0.4, 0.5) is 5.69 Å². The predicted molar refractivity (Wildman–Crippen MR) is 111 cm³/mol. The zero-order chi connectivity index (χ0) is 20.1. The van der Waals surface area contributed by atoms with E-state index in [9.17, 15) is 4.79 Å². The van der Waals surface area contributed by atoms with Crippen LogP contribution < -0.4 is 4.90 Å². The number of aromatic nitrogens is 4. The molecule has 0 saturated heterocycles. The van der Waals surface area contributed by atoms with Gasteiger partial charge in [0.2, 0.25) is 0 Å². The van der Waals surface area contributed by atoms with Crippen LogP contribution in [-0.2, 0) is 20.0 Å². The molecule has 3 heterocycles. The maximum Gasteiger partial charge on any atom is 0.259 e. The summed E-state index contributed by atoms with van der Waals surface area (Å²) in [6, 6.07) is 10.3. The number of carbonyl (C=O) groups excluding carboxylic acids is 1. The van der Waals surface area contributed by atoms with Crippen molar-refractivity contribution in [3.8, 4) is 0 Å². The fraction of sp³-hybridized carbons (Fsp3) is 0.391. The average molecular weight is 387 g/mol.